The second kappa shape index (κ2) is 7.93. The van der Waals surface area contributed by atoms with Crippen LogP contribution in [0.15, 0.2) is 78.1 Å². The molecule has 0 radical (unpaired) electrons. The molecule has 8 heteroatoms. The van der Waals surface area contributed by atoms with Crippen LogP contribution in [-0.2, 0) is 10.0 Å². The van der Waals surface area contributed by atoms with Crippen LogP contribution in [0, 0.1) is 0 Å². The molecule has 0 unspecified atom stereocenters. The number of anilines is 2. The standard InChI is InChI=1S/C11H11N3O2S.C5H5NO/c12-9-4-6-10(7-5-9)17(15,16)14-11-3-1-2-8-13-11;7-5-2-1-3-6-4-5/h1-8H,12H2,(H,13,14);1-4,7H. The summed E-state index contributed by atoms with van der Waals surface area (Å²) in [7, 11) is -3.60. The van der Waals surface area contributed by atoms with Gasteiger partial charge in [-0.3, -0.25) is 9.71 Å². The van der Waals surface area contributed by atoms with E-state index in [0.29, 0.717) is 5.69 Å². The molecule has 0 fully saturated rings. The van der Waals surface area contributed by atoms with Crippen LogP contribution in [0.4, 0.5) is 11.5 Å². The van der Waals surface area contributed by atoms with Gasteiger partial charge in [0.1, 0.15) is 11.6 Å². The molecule has 0 saturated carbocycles. The van der Waals surface area contributed by atoms with Crippen LogP contribution in [0.5, 0.6) is 5.75 Å². The molecule has 4 N–H and O–H groups in total. The minimum absolute atomic E-state index is 0.150. The molecule has 0 aliphatic rings. The normalized spacial score (nSPS) is 10.3. The molecule has 2 aromatic heterocycles. The maximum atomic E-state index is 11.9. The maximum Gasteiger partial charge on any atom is 0.263 e. The van der Waals surface area contributed by atoms with Crippen molar-refractivity contribution in [3.63, 3.8) is 0 Å². The molecule has 0 bridgehead atoms. The van der Waals surface area contributed by atoms with Crippen molar-refractivity contribution >= 4 is 21.5 Å². The van der Waals surface area contributed by atoms with E-state index in [2.05, 4.69) is 14.7 Å². The molecule has 2 heterocycles. The average Bonchev–Trinajstić information content (AvgIpc) is 2.57. The Morgan fingerprint density at radius 1 is 0.958 bits per heavy atom. The number of nitrogens with zero attached hydrogens (tertiary/aromatic N) is 2. The van der Waals surface area contributed by atoms with Crippen LogP contribution in [0.3, 0.4) is 0 Å². The number of sulfonamides is 1. The maximum absolute atomic E-state index is 11.9. The van der Waals surface area contributed by atoms with Gasteiger partial charge in [0.05, 0.1) is 11.1 Å². The number of nitrogens with two attached hydrogens (primary N) is 1. The SMILES string of the molecule is Nc1ccc(S(=O)(=O)Nc2ccccn2)cc1.Oc1cccnc1. The summed E-state index contributed by atoms with van der Waals surface area (Å²) < 4.78 is 26.2. The Labute approximate surface area is 139 Å². The zero-order valence-corrected chi connectivity index (χ0v) is 13.4. The van der Waals surface area contributed by atoms with Crippen molar-refractivity contribution in [1.29, 1.82) is 0 Å². The molecule has 124 valence electrons. The molecular formula is C16H16N4O3S. The summed E-state index contributed by atoms with van der Waals surface area (Å²) in [6.45, 7) is 0. The van der Waals surface area contributed by atoms with Crippen molar-refractivity contribution in [3.8, 4) is 5.75 Å². The first-order chi connectivity index (χ1) is 11.5. The van der Waals surface area contributed by atoms with Crippen LogP contribution in [-0.4, -0.2) is 23.5 Å². The number of hydrogen-bond donors (Lipinski definition) is 3. The number of aromatic nitrogens is 2. The van der Waals surface area contributed by atoms with Crippen molar-refractivity contribution < 1.29 is 13.5 Å². The lowest BCUT2D eigenvalue weighted by Gasteiger charge is -2.06. The van der Waals surface area contributed by atoms with E-state index in [-0.39, 0.29) is 16.5 Å². The van der Waals surface area contributed by atoms with E-state index < -0.39 is 10.0 Å². The third-order valence-electron chi connectivity index (χ3n) is 2.74. The Balaban J connectivity index is 0.000000249. The lowest BCUT2D eigenvalue weighted by Crippen LogP contribution is -2.13. The third kappa shape index (κ3) is 5.25. The lowest BCUT2D eigenvalue weighted by molar-refractivity contribution is 0.472. The van der Waals surface area contributed by atoms with Crippen LogP contribution in [0.2, 0.25) is 0 Å². The largest absolute Gasteiger partial charge is 0.506 e. The summed E-state index contributed by atoms with van der Waals surface area (Å²) in [6, 6.07) is 14.2. The lowest BCUT2D eigenvalue weighted by atomic mass is 10.3. The Kier molecular flexibility index (Phi) is 5.69. The molecule has 7 nitrogen and oxygen atoms in total. The molecule has 0 aliphatic carbocycles. The first-order valence-electron chi connectivity index (χ1n) is 6.86. The number of benzene rings is 1. The molecule has 24 heavy (non-hydrogen) atoms. The van der Waals surface area contributed by atoms with Gasteiger partial charge in [-0.25, -0.2) is 13.4 Å². The van der Waals surface area contributed by atoms with Crippen LogP contribution in [0.25, 0.3) is 0 Å². The molecule has 3 rings (SSSR count). The van der Waals surface area contributed by atoms with Crippen LogP contribution >= 0.6 is 0 Å². The summed E-state index contributed by atoms with van der Waals surface area (Å²) >= 11 is 0. The van der Waals surface area contributed by atoms with Crippen molar-refractivity contribution in [3.05, 3.63) is 73.2 Å². The van der Waals surface area contributed by atoms with Gasteiger partial charge in [0.2, 0.25) is 0 Å². The predicted octanol–water partition coefficient (Wildman–Crippen LogP) is 2.25. The van der Waals surface area contributed by atoms with Crippen molar-refractivity contribution in [2.45, 2.75) is 4.90 Å². The minimum Gasteiger partial charge on any atom is -0.506 e. The van der Waals surface area contributed by atoms with Gasteiger partial charge in [-0.15, -0.1) is 0 Å². The van der Waals surface area contributed by atoms with Gasteiger partial charge in [-0.1, -0.05) is 6.07 Å². The Bertz CT molecular complexity index is 855. The molecule has 0 atom stereocenters. The monoisotopic (exact) mass is 344 g/mol. The molecule has 0 amide bonds. The zero-order valence-electron chi connectivity index (χ0n) is 12.6. The van der Waals surface area contributed by atoms with Crippen molar-refractivity contribution in [1.82, 2.24) is 9.97 Å². The van der Waals surface area contributed by atoms with E-state index >= 15 is 0 Å². The van der Waals surface area contributed by atoms with Gasteiger partial charge in [-0.05, 0) is 48.5 Å². The topological polar surface area (TPSA) is 118 Å². The molecule has 0 saturated heterocycles. The van der Waals surface area contributed by atoms with Gasteiger partial charge < -0.3 is 10.8 Å². The molecule has 0 aliphatic heterocycles. The summed E-state index contributed by atoms with van der Waals surface area (Å²) in [5.74, 6) is 0.492. The molecule has 1 aromatic carbocycles. The average molecular weight is 344 g/mol. The summed E-state index contributed by atoms with van der Waals surface area (Å²) in [5.41, 5.74) is 6.01. The number of pyridine rings is 2. The second-order valence-electron chi connectivity index (χ2n) is 4.60. The fourth-order valence-corrected chi connectivity index (χ4v) is 2.63. The summed E-state index contributed by atoms with van der Waals surface area (Å²) in [5, 5.41) is 8.57. The van der Waals surface area contributed by atoms with E-state index in [1.54, 1.807) is 36.5 Å². The van der Waals surface area contributed by atoms with Gasteiger partial charge in [-0.2, -0.15) is 0 Å². The number of aromatic hydroxyl groups is 1. The van der Waals surface area contributed by atoms with Gasteiger partial charge in [0.15, 0.2) is 0 Å². The fourth-order valence-electron chi connectivity index (χ4n) is 1.62. The first kappa shape index (κ1) is 17.2. The molecular weight excluding hydrogens is 328 g/mol. The number of hydrogen-bond acceptors (Lipinski definition) is 6. The Morgan fingerprint density at radius 3 is 2.21 bits per heavy atom. The predicted molar refractivity (Wildman–Crippen MR) is 91.8 cm³/mol. The van der Waals surface area contributed by atoms with Crippen molar-refractivity contribution in [2.24, 2.45) is 0 Å². The fraction of sp³-hybridized carbons (Fsp3) is 0. The molecule has 3 aromatic rings. The van der Waals surface area contributed by atoms with Gasteiger partial charge in [0.25, 0.3) is 10.0 Å². The van der Waals surface area contributed by atoms with Crippen molar-refractivity contribution in [2.75, 3.05) is 10.5 Å². The highest BCUT2D eigenvalue weighted by molar-refractivity contribution is 7.92. The zero-order chi connectivity index (χ0) is 17.4. The third-order valence-corrected chi connectivity index (χ3v) is 4.11. The summed E-state index contributed by atoms with van der Waals surface area (Å²) in [4.78, 5) is 7.68. The Hall–Kier alpha value is -3.13. The van der Waals surface area contributed by atoms with E-state index in [0.717, 1.165) is 0 Å². The number of nitrogen functional groups attached to an aromatic ring is 1. The van der Waals surface area contributed by atoms with E-state index in [4.69, 9.17) is 10.8 Å². The Morgan fingerprint density at radius 2 is 1.71 bits per heavy atom. The highest BCUT2D eigenvalue weighted by Gasteiger charge is 2.13. The highest BCUT2D eigenvalue weighted by Crippen LogP contribution is 2.15. The molecule has 0 spiro atoms. The minimum atomic E-state index is -3.60. The highest BCUT2D eigenvalue weighted by atomic mass is 32.2. The van der Waals surface area contributed by atoms with Crippen LogP contribution < -0.4 is 10.5 Å². The first-order valence-corrected chi connectivity index (χ1v) is 8.34. The number of rotatable bonds is 3. The van der Waals surface area contributed by atoms with E-state index in [1.165, 1.54) is 36.7 Å². The van der Waals surface area contributed by atoms with Gasteiger partial charge >= 0.3 is 0 Å². The quantitative estimate of drug-likeness (QED) is 0.627. The smallest absolute Gasteiger partial charge is 0.263 e. The van der Waals surface area contributed by atoms with Crippen LogP contribution in [0.1, 0.15) is 0 Å². The second-order valence-corrected chi connectivity index (χ2v) is 6.28. The summed E-state index contributed by atoms with van der Waals surface area (Å²) in [6.07, 6.45) is 4.51. The van der Waals surface area contributed by atoms with Gasteiger partial charge in [0, 0.05) is 18.1 Å². The van der Waals surface area contributed by atoms with E-state index in [9.17, 15) is 8.42 Å². The number of nitrogens with one attached hydrogen (secondary N) is 1. The van der Waals surface area contributed by atoms with E-state index in [1.807, 2.05) is 0 Å².